The van der Waals surface area contributed by atoms with Gasteiger partial charge in [-0.15, -0.1) is 0 Å². The summed E-state index contributed by atoms with van der Waals surface area (Å²) in [5, 5.41) is 3.00. The minimum atomic E-state index is -0.872. The Morgan fingerprint density at radius 2 is 2.00 bits per heavy atom. The molecule has 2 rings (SSSR count). The molecule has 0 fully saturated rings. The molecule has 94 valence electrons. The number of nitrogens with one attached hydrogen (secondary N) is 1. The van der Waals surface area contributed by atoms with Crippen LogP contribution in [0.15, 0.2) is 30.5 Å². The molecule has 18 heavy (non-hydrogen) atoms. The average molecular weight is 249 g/mol. The first-order valence-corrected chi connectivity index (χ1v) is 5.62. The van der Waals surface area contributed by atoms with Crippen LogP contribution >= 0.6 is 0 Å². The van der Waals surface area contributed by atoms with Gasteiger partial charge in [-0.25, -0.2) is 18.7 Å². The Bertz CT molecular complexity index is 544. The van der Waals surface area contributed by atoms with Crippen LogP contribution in [0.1, 0.15) is 5.82 Å². The third kappa shape index (κ3) is 2.87. The molecule has 0 amide bonds. The lowest BCUT2D eigenvalue weighted by atomic mass is 10.1. The molecule has 1 aromatic heterocycles. The lowest BCUT2D eigenvalue weighted by Crippen LogP contribution is -2.12. The van der Waals surface area contributed by atoms with Crippen molar-refractivity contribution in [2.24, 2.45) is 0 Å². The fourth-order valence-corrected chi connectivity index (χ4v) is 1.57. The zero-order valence-electron chi connectivity index (χ0n) is 9.95. The molecule has 0 radical (unpaired) electrons. The molecule has 0 aliphatic rings. The van der Waals surface area contributed by atoms with Crippen molar-refractivity contribution in [2.45, 2.75) is 6.42 Å². The fraction of sp³-hybridized carbons (Fsp3) is 0.231. The number of benzene rings is 1. The Hall–Kier alpha value is -1.88. The summed E-state index contributed by atoms with van der Waals surface area (Å²) >= 11 is 0. The highest BCUT2D eigenvalue weighted by atomic mass is 19.2. The molecule has 0 aliphatic carbocycles. The molecule has 0 saturated heterocycles. The lowest BCUT2D eigenvalue weighted by Gasteiger charge is -2.04. The molecule has 0 unspecified atom stereocenters. The topological polar surface area (TPSA) is 37.8 Å². The third-order valence-corrected chi connectivity index (χ3v) is 2.52. The van der Waals surface area contributed by atoms with Crippen molar-refractivity contribution in [1.82, 2.24) is 15.3 Å². The second-order valence-electron chi connectivity index (χ2n) is 3.84. The van der Waals surface area contributed by atoms with Crippen LogP contribution in [-0.2, 0) is 6.42 Å². The first kappa shape index (κ1) is 12.6. The molecule has 0 aliphatic heterocycles. The van der Waals surface area contributed by atoms with Gasteiger partial charge in [-0.2, -0.15) is 0 Å². The highest BCUT2D eigenvalue weighted by Gasteiger charge is 2.06. The maximum Gasteiger partial charge on any atom is 0.159 e. The van der Waals surface area contributed by atoms with Crippen molar-refractivity contribution < 1.29 is 8.78 Å². The number of nitrogens with zero attached hydrogens (tertiary/aromatic N) is 2. The van der Waals surface area contributed by atoms with E-state index in [0.29, 0.717) is 23.5 Å². The van der Waals surface area contributed by atoms with Gasteiger partial charge in [-0.1, -0.05) is 0 Å². The van der Waals surface area contributed by atoms with Gasteiger partial charge in [0.1, 0.15) is 5.82 Å². The highest BCUT2D eigenvalue weighted by Crippen LogP contribution is 2.19. The number of likely N-dealkylation sites (N-methyl/N-ethyl adjacent to an activating group) is 1. The standard InChI is InChI=1S/C13H13F2N3/c1-16-6-5-13-17-7-4-12(18-13)9-2-3-10(14)11(15)8-9/h2-4,7-8,16H,5-6H2,1H3. The van der Waals surface area contributed by atoms with E-state index in [0.717, 1.165) is 18.7 Å². The summed E-state index contributed by atoms with van der Waals surface area (Å²) in [5.74, 6) is -1.06. The molecule has 0 atom stereocenters. The first-order chi connectivity index (χ1) is 8.70. The van der Waals surface area contributed by atoms with E-state index in [4.69, 9.17) is 0 Å². The fourth-order valence-electron chi connectivity index (χ4n) is 1.57. The Balaban J connectivity index is 2.29. The zero-order chi connectivity index (χ0) is 13.0. The molecule has 0 spiro atoms. The number of hydrogen-bond donors (Lipinski definition) is 1. The minimum Gasteiger partial charge on any atom is -0.319 e. The number of aromatic nitrogens is 2. The highest BCUT2D eigenvalue weighted by molar-refractivity contribution is 5.58. The Morgan fingerprint density at radius 1 is 1.17 bits per heavy atom. The van der Waals surface area contributed by atoms with Gasteiger partial charge in [0, 0.05) is 24.7 Å². The minimum absolute atomic E-state index is 0.544. The average Bonchev–Trinajstić information content (AvgIpc) is 2.40. The summed E-state index contributed by atoms with van der Waals surface area (Å²) in [7, 11) is 1.85. The van der Waals surface area contributed by atoms with E-state index < -0.39 is 11.6 Å². The van der Waals surface area contributed by atoms with Crippen LogP contribution in [0.2, 0.25) is 0 Å². The number of hydrogen-bond acceptors (Lipinski definition) is 3. The van der Waals surface area contributed by atoms with E-state index in [1.165, 1.54) is 6.07 Å². The lowest BCUT2D eigenvalue weighted by molar-refractivity contribution is 0.509. The van der Waals surface area contributed by atoms with Crippen molar-refractivity contribution in [1.29, 1.82) is 0 Å². The monoisotopic (exact) mass is 249 g/mol. The second kappa shape index (κ2) is 5.64. The van der Waals surface area contributed by atoms with Gasteiger partial charge in [-0.3, -0.25) is 0 Å². The molecular formula is C13H13F2N3. The van der Waals surface area contributed by atoms with Gasteiger partial charge in [0.2, 0.25) is 0 Å². The summed E-state index contributed by atoms with van der Waals surface area (Å²) in [5.41, 5.74) is 1.14. The Kier molecular flexibility index (Phi) is 3.94. The van der Waals surface area contributed by atoms with E-state index in [-0.39, 0.29) is 0 Å². The quantitative estimate of drug-likeness (QED) is 0.902. The molecule has 2 aromatic rings. The van der Waals surface area contributed by atoms with E-state index in [9.17, 15) is 8.78 Å². The van der Waals surface area contributed by atoms with Gasteiger partial charge in [0.05, 0.1) is 5.69 Å². The van der Waals surface area contributed by atoms with Crippen LogP contribution in [0.25, 0.3) is 11.3 Å². The number of halogens is 2. The summed E-state index contributed by atoms with van der Waals surface area (Å²) in [6, 6.07) is 5.41. The number of rotatable bonds is 4. The normalized spacial score (nSPS) is 10.6. The van der Waals surface area contributed by atoms with Crippen LogP contribution < -0.4 is 5.32 Å². The van der Waals surface area contributed by atoms with Gasteiger partial charge in [0.15, 0.2) is 11.6 Å². The predicted molar refractivity (Wildman–Crippen MR) is 65.0 cm³/mol. The largest absolute Gasteiger partial charge is 0.319 e. The second-order valence-corrected chi connectivity index (χ2v) is 3.84. The summed E-state index contributed by atoms with van der Waals surface area (Å²) in [4.78, 5) is 8.43. The van der Waals surface area contributed by atoms with Gasteiger partial charge < -0.3 is 5.32 Å². The molecule has 0 saturated carbocycles. The zero-order valence-corrected chi connectivity index (χ0v) is 9.95. The van der Waals surface area contributed by atoms with Crippen LogP contribution in [0.5, 0.6) is 0 Å². The molecule has 1 aromatic carbocycles. The maximum atomic E-state index is 13.1. The summed E-state index contributed by atoms with van der Waals surface area (Å²) < 4.78 is 26.0. The molecule has 1 N–H and O–H groups in total. The molecule has 1 heterocycles. The Morgan fingerprint density at radius 3 is 2.72 bits per heavy atom. The first-order valence-electron chi connectivity index (χ1n) is 5.62. The summed E-state index contributed by atoms with van der Waals surface area (Å²) in [6.07, 6.45) is 2.31. The molecular weight excluding hydrogens is 236 g/mol. The SMILES string of the molecule is CNCCc1nccc(-c2ccc(F)c(F)c2)n1. The maximum absolute atomic E-state index is 13.1. The Labute approximate surface area is 104 Å². The van der Waals surface area contributed by atoms with E-state index in [1.807, 2.05) is 7.05 Å². The van der Waals surface area contributed by atoms with E-state index in [1.54, 1.807) is 12.3 Å². The van der Waals surface area contributed by atoms with Crippen molar-refractivity contribution in [3.05, 3.63) is 47.9 Å². The van der Waals surface area contributed by atoms with Crippen molar-refractivity contribution in [3.63, 3.8) is 0 Å². The van der Waals surface area contributed by atoms with Crippen LogP contribution in [0.3, 0.4) is 0 Å². The van der Waals surface area contributed by atoms with Crippen LogP contribution in [-0.4, -0.2) is 23.6 Å². The summed E-state index contributed by atoms with van der Waals surface area (Å²) in [6.45, 7) is 0.765. The predicted octanol–water partition coefficient (Wildman–Crippen LogP) is 2.18. The van der Waals surface area contributed by atoms with Gasteiger partial charge in [0.25, 0.3) is 0 Å². The molecule has 0 bridgehead atoms. The van der Waals surface area contributed by atoms with Gasteiger partial charge in [-0.05, 0) is 31.3 Å². The molecule has 3 nitrogen and oxygen atoms in total. The van der Waals surface area contributed by atoms with Gasteiger partial charge >= 0.3 is 0 Å². The van der Waals surface area contributed by atoms with Crippen LogP contribution in [0, 0.1) is 11.6 Å². The molecule has 5 heteroatoms. The van der Waals surface area contributed by atoms with Crippen LogP contribution in [0.4, 0.5) is 8.78 Å². The van der Waals surface area contributed by atoms with Crippen molar-refractivity contribution in [3.8, 4) is 11.3 Å². The van der Waals surface area contributed by atoms with Crippen molar-refractivity contribution >= 4 is 0 Å². The van der Waals surface area contributed by atoms with E-state index >= 15 is 0 Å². The smallest absolute Gasteiger partial charge is 0.159 e. The third-order valence-electron chi connectivity index (χ3n) is 2.52. The van der Waals surface area contributed by atoms with E-state index in [2.05, 4.69) is 15.3 Å². The van der Waals surface area contributed by atoms with Crippen molar-refractivity contribution in [2.75, 3.05) is 13.6 Å².